The number of phenolic OH excluding ortho intramolecular Hbond substituents is 1. The Morgan fingerprint density at radius 3 is 2.34 bits per heavy atom. The van der Waals surface area contributed by atoms with E-state index in [-0.39, 0.29) is 11.3 Å². The van der Waals surface area contributed by atoms with Crippen LogP contribution in [0.15, 0.2) is 41.2 Å². The number of aliphatic hydroxyl groups excluding tert-OH is 1. The third-order valence-corrected chi connectivity index (χ3v) is 6.08. The summed E-state index contributed by atoms with van der Waals surface area (Å²) in [5.41, 5.74) is 6.49. The molecule has 4 rings (SSSR count). The van der Waals surface area contributed by atoms with Gasteiger partial charge in [0.15, 0.2) is 0 Å². The van der Waals surface area contributed by atoms with Crippen LogP contribution in [0.2, 0.25) is 0 Å². The number of aryl methyl sites for hydroxylation is 2. The SMILES string of the molecule is CCc1cc2c(cc1CC)CC(NC[C@@H](O)c1ccc(O)c3[nH]c(=O)ccc13)C2. The summed E-state index contributed by atoms with van der Waals surface area (Å²) in [5, 5.41) is 25.0. The van der Waals surface area contributed by atoms with Crippen LogP contribution in [-0.2, 0) is 25.7 Å². The first-order valence-electron chi connectivity index (χ1n) is 10.4. The van der Waals surface area contributed by atoms with Crippen molar-refractivity contribution in [1.82, 2.24) is 10.3 Å². The van der Waals surface area contributed by atoms with Crippen LogP contribution in [0.1, 0.15) is 47.8 Å². The second-order valence-corrected chi connectivity index (χ2v) is 7.91. The van der Waals surface area contributed by atoms with E-state index in [1.807, 2.05) is 0 Å². The fraction of sp³-hybridized carbons (Fsp3) is 0.375. The smallest absolute Gasteiger partial charge is 0.248 e. The zero-order valence-corrected chi connectivity index (χ0v) is 17.0. The van der Waals surface area contributed by atoms with E-state index in [0.29, 0.717) is 29.1 Å². The Balaban J connectivity index is 1.48. The zero-order chi connectivity index (χ0) is 20.5. The lowest BCUT2D eigenvalue weighted by Gasteiger charge is -2.18. The number of aromatic nitrogens is 1. The first-order chi connectivity index (χ1) is 14.0. The van der Waals surface area contributed by atoms with E-state index < -0.39 is 6.10 Å². The Morgan fingerprint density at radius 2 is 1.72 bits per heavy atom. The Labute approximate surface area is 170 Å². The molecule has 3 aromatic rings. The molecule has 5 nitrogen and oxygen atoms in total. The van der Waals surface area contributed by atoms with Gasteiger partial charge >= 0.3 is 0 Å². The molecule has 0 saturated heterocycles. The van der Waals surface area contributed by atoms with Gasteiger partial charge in [0, 0.05) is 24.0 Å². The van der Waals surface area contributed by atoms with E-state index >= 15 is 0 Å². The average Bonchev–Trinajstić information content (AvgIpc) is 3.13. The summed E-state index contributed by atoms with van der Waals surface area (Å²) in [7, 11) is 0. The van der Waals surface area contributed by atoms with E-state index in [1.54, 1.807) is 12.1 Å². The highest BCUT2D eigenvalue weighted by Crippen LogP contribution is 2.30. The molecule has 152 valence electrons. The molecule has 0 unspecified atom stereocenters. The number of nitrogens with one attached hydrogen (secondary N) is 2. The Hall–Kier alpha value is -2.63. The van der Waals surface area contributed by atoms with Crippen molar-refractivity contribution >= 4 is 10.9 Å². The molecule has 1 atom stereocenters. The van der Waals surface area contributed by atoms with Crippen LogP contribution in [-0.4, -0.2) is 27.8 Å². The van der Waals surface area contributed by atoms with E-state index in [1.165, 1.54) is 34.4 Å². The van der Waals surface area contributed by atoms with Crippen molar-refractivity contribution in [3.63, 3.8) is 0 Å². The van der Waals surface area contributed by atoms with Gasteiger partial charge in [-0.15, -0.1) is 0 Å². The average molecular weight is 392 g/mol. The van der Waals surface area contributed by atoms with Gasteiger partial charge in [-0.1, -0.05) is 32.0 Å². The minimum atomic E-state index is -0.731. The zero-order valence-electron chi connectivity index (χ0n) is 17.0. The van der Waals surface area contributed by atoms with E-state index in [4.69, 9.17) is 0 Å². The fourth-order valence-electron chi connectivity index (χ4n) is 4.51. The van der Waals surface area contributed by atoms with Gasteiger partial charge in [0.25, 0.3) is 0 Å². The third-order valence-electron chi connectivity index (χ3n) is 6.08. The highest BCUT2D eigenvalue weighted by atomic mass is 16.3. The lowest BCUT2D eigenvalue weighted by molar-refractivity contribution is 0.171. The maximum Gasteiger partial charge on any atom is 0.248 e. The molecule has 0 amide bonds. The van der Waals surface area contributed by atoms with Gasteiger partial charge in [0.1, 0.15) is 5.75 Å². The second-order valence-electron chi connectivity index (χ2n) is 7.91. The molecule has 1 aromatic heterocycles. The maximum atomic E-state index is 11.6. The van der Waals surface area contributed by atoms with Crippen molar-refractivity contribution in [3.05, 3.63) is 74.6 Å². The van der Waals surface area contributed by atoms with Crippen LogP contribution >= 0.6 is 0 Å². The number of fused-ring (bicyclic) bond motifs is 2. The van der Waals surface area contributed by atoms with Crippen LogP contribution < -0.4 is 10.9 Å². The lowest BCUT2D eigenvalue weighted by Crippen LogP contribution is -2.33. The third kappa shape index (κ3) is 3.80. The number of phenols is 1. The number of aliphatic hydroxyl groups is 1. The summed E-state index contributed by atoms with van der Waals surface area (Å²) in [6.45, 7) is 4.83. The molecule has 29 heavy (non-hydrogen) atoms. The van der Waals surface area contributed by atoms with Crippen molar-refractivity contribution in [2.24, 2.45) is 0 Å². The molecule has 0 aliphatic heterocycles. The molecule has 0 bridgehead atoms. The van der Waals surface area contributed by atoms with Gasteiger partial charge in [-0.25, -0.2) is 0 Å². The van der Waals surface area contributed by atoms with Crippen LogP contribution in [0.25, 0.3) is 10.9 Å². The summed E-state index contributed by atoms with van der Waals surface area (Å²) in [6, 6.07) is 11.3. The molecule has 1 aliphatic carbocycles. The molecule has 1 heterocycles. The number of hydrogen-bond donors (Lipinski definition) is 4. The summed E-state index contributed by atoms with van der Waals surface area (Å²) < 4.78 is 0. The topological polar surface area (TPSA) is 85.3 Å². The van der Waals surface area contributed by atoms with Gasteiger partial charge in [0.2, 0.25) is 5.56 Å². The molecule has 0 radical (unpaired) electrons. The van der Waals surface area contributed by atoms with Crippen molar-refractivity contribution in [1.29, 1.82) is 0 Å². The highest BCUT2D eigenvalue weighted by Gasteiger charge is 2.23. The van der Waals surface area contributed by atoms with Gasteiger partial charge in [-0.05, 0) is 65.6 Å². The van der Waals surface area contributed by atoms with E-state index in [0.717, 1.165) is 25.7 Å². The largest absolute Gasteiger partial charge is 0.506 e. The van der Waals surface area contributed by atoms with E-state index in [9.17, 15) is 15.0 Å². The van der Waals surface area contributed by atoms with Crippen molar-refractivity contribution in [2.75, 3.05) is 6.54 Å². The highest BCUT2D eigenvalue weighted by molar-refractivity contribution is 5.87. The predicted octanol–water partition coefficient (Wildman–Crippen LogP) is 3.15. The maximum absolute atomic E-state index is 11.6. The predicted molar refractivity (Wildman–Crippen MR) is 116 cm³/mol. The number of aromatic hydroxyl groups is 1. The molecule has 1 aliphatic rings. The first kappa shape index (κ1) is 19.7. The number of hydrogen-bond acceptors (Lipinski definition) is 4. The summed E-state index contributed by atoms with van der Waals surface area (Å²) in [4.78, 5) is 14.2. The second kappa shape index (κ2) is 8.01. The molecule has 0 fully saturated rings. The number of H-pyrrole nitrogens is 1. The number of aromatic amines is 1. The Kier molecular flexibility index (Phi) is 5.43. The minimum Gasteiger partial charge on any atom is -0.506 e. The Morgan fingerprint density at radius 1 is 1.07 bits per heavy atom. The monoisotopic (exact) mass is 392 g/mol. The van der Waals surface area contributed by atoms with Gasteiger partial charge in [0.05, 0.1) is 11.6 Å². The quantitative estimate of drug-likeness (QED) is 0.519. The van der Waals surface area contributed by atoms with Crippen LogP contribution in [0.4, 0.5) is 0 Å². The first-order valence-corrected chi connectivity index (χ1v) is 10.4. The molecule has 0 spiro atoms. The fourth-order valence-corrected chi connectivity index (χ4v) is 4.51. The van der Waals surface area contributed by atoms with Crippen molar-refractivity contribution < 1.29 is 10.2 Å². The van der Waals surface area contributed by atoms with Gasteiger partial charge < -0.3 is 20.5 Å². The van der Waals surface area contributed by atoms with Crippen LogP contribution in [0.5, 0.6) is 5.75 Å². The molecular weight excluding hydrogens is 364 g/mol. The molecule has 4 N–H and O–H groups in total. The van der Waals surface area contributed by atoms with Gasteiger partial charge in [-0.2, -0.15) is 0 Å². The van der Waals surface area contributed by atoms with Crippen LogP contribution in [0.3, 0.4) is 0 Å². The van der Waals surface area contributed by atoms with Crippen LogP contribution in [0, 0.1) is 0 Å². The number of rotatable bonds is 6. The number of pyridine rings is 1. The minimum absolute atomic E-state index is 0.00584. The summed E-state index contributed by atoms with van der Waals surface area (Å²) in [5.74, 6) is 0.00584. The summed E-state index contributed by atoms with van der Waals surface area (Å²) >= 11 is 0. The van der Waals surface area contributed by atoms with Crippen molar-refractivity contribution in [3.8, 4) is 5.75 Å². The Bertz CT molecular complexity index is 1070. The summed E-state index contributed by atoms with van der Waals surface area (Å²) in [6.07, 6.45) is 3.34. The lowest BCUT2D eigenvalue weighted by atomic mass is 9.97. The normalized spacial score (nSPS) is 15.0. The molecule has 5 heteroatoms. The molecular formula is C24H28N2O3. The van der Waals surface area contributed by atoms with E-state index in [2.05, 4.69) is 36.3 Å². The molecule has 0 saturated carbocycles. The molecule has 2 aromatic carbocycles. The standard InChI is InChI=1S/C24H28N2O3/c1-3-14-9-16-11-18(12-17(16)10-15(14)4-2)25-13-22(28)19-5-7-21(27)24-20(19)6-8-23(29)26-24/h5-10,18,22,25,27-28H,3-4,11-13H2,1-2H3,(H,26,29)/t22-/m1/s1. The number of benzene rings is 2. The van der Waals surface area contributed by atoms with Crippen molar-refractivity contribution in [2.45, 2.75) is 51.7 Å². The van der Waals surface area contributed by atoms with Gasteiger partial charge in [-0.3, -0.25) is 4.79 Å².